The Balaban J connectivity index is 2.76. The first-order chi connectivity index (χ1) is 9.62. The van der Waals surface area contributed by atoms with E-state index in [0.29, 0.717) is 6.54 Å². The van der Waals surface area contributed by atoms with E-state index in [9.17, 15) is 4.79 Å². The fourth-order valence-electron chi connectivity index (χ4n) is 2.05. The maximum absolute atomic E-state index is 11.5. The van der Waals surface area contributed by atoms with Crippen LogP contribution in [0.3, 0.4) is 0 Å². The summed E-state index contributed by atoms with van der Waals surface area (Å²) < 4.78 is 0. The molecule has 1 heterocycles. The number of carbonyl (C=O) groups excluding carboxylic acids is 1. The number of amides is 1. The summed E-state index contributed by atoms with van der Waals surface area (Å²) in [5.74, 6) is 0.886. The number of hydrogen-bond acceptors (Lipinski definition) is 4. The highest BCUT2D eigenvalue weighted by Crippen LogP contribution is 2.17. The third-order valence-corrected chi connectivity index (χ3v) is 3.16. The van der Waals surface area contributed by atoms with Gasteiger partial charge in [-0.1, -0.05) is 6.92 Å². The Labute approximate surface area is 121 Å². The molecule has 0 unspecified atom stereocenters. The predicted octanol–water partition coefficient (Wildman–Crippen LogP) is 1.46. The van der Waals surface area contributed by atoms with Gasteiger partial charge in [0.05, 0.1) is 6.54 Å². The van der Waals surface area contributed by atoms with Crippen molar-refractivity contribution in [2.45, 2.75) is 33.7 Å². The summed E-state index contributed by atoms with van der Waals surface area (Å²) in [5, 5.41) is 6.01. The van der Waals surface area contributed by atoms with E-state index in [2.05, 4.69) is 28.6 Å². The summed E-state index contributed by atoms with van der Waals surface area (Å²) >= 11 is 0. The molecule has 5 heteroatoms. The van der Waals surface area contributed by atoms with Gasteiger partial charge in [0.2, 0.25) is 5.91 Å². The molecule has 0 aliphatic heterocycles. The van der Waals surface area contributed by atoms with Gasteiger partial charge in [0.15, 0.2) is 0 Å². The van der Waals surface area contributed by atoms with Gasteiger partial charge in [-0.05, 0) is 44.0 Å². The van der Waals surface area contributed by atoms with Crippen LogP contribution in [-0.2, 0) is 11.3 Å². The third-order valence-electron chi connectivity index (χ3n) is 3.16. The van der Waals surface area contributed by atoms with Crippen molar-refractivity contribution >= 4 is 11.7 Å². The molecular weight excluding hydrogens is 252 g/mol. The van der Waals surface area contributed by atoms with E-state index in [1.165, 1.54) is 5.56 Å². The average molecular weight is 278 g/mol. The van der Waals surface area contributed by atoms with Gasteiger partial charge in [0, 0.05) is 26.3 Å². The SMILES string of the molecule is CCCNCc1cnc(N(CC)CC(=O)NC)c(C)c1. The Morgan fingerprint density at radius 2 is 2.15 bits per heavy atom. The standard InChI is InChI=1S/C15H26N4O/c1-5-7-17-9-13-8-12(3)15(18-10-13)19(6-2)11-14(20)16-4/h8,10,17H,5-7,9,11H2,1-4H3,(H,16,20). The van der Waals surface area contributed by atoms with Gasteiger partial charge in [-0.2, -0.15) is 0 Å². The molecule has 0 saturated carbocycles. The average Bonchev–Trinajstić information content (AvgIpc) is 2.45. The van der Waals surface area contributed by atoms with Crippen molar-refractivity contribution in [1.82, 2.24) is 15.6 Å². The van der Waals surface area contributed by atoms with E-state index >= 15 is 0 Å². The quantitative estimate of drug-likeness (QED) is 0.707. The van der Waals surface area contributed by atoms with Crippen LogP contribution in [0.2, 0.25) is 0 Å². The van der Waals surface area contributed by atoms with E-state index in [1.807, 2.05) is 24.9 Å². The molecule has 0 spiro atoms. The predicted molar refractivity (Wildman–Crippen MR) is 82.9 cm³/mol. The zero-order valence-corrected chi connectivity index (χ0v) is 13.0. The molecule has 0 aliphatic carbocycles. The molecule has 1 rings (SSSR count). The van der Waals surface area contributed by atoms with Gasteiger partial charge in [0.1, 0.15) is 5.82 Å². The van der Waals surface area contributed by atoms with Crippen LogP contribution in [0.5, 0.6) is 0 Å². The van der Waals surface area contributed by atoms with Crippen LogP contribution in [0, 0.1) is 6.92 Å². The Morgan fingerprint density at radius 3 is 2.70 bits per heavy atom. The molecule has 112 valence electrons. The van der Waals surface area contributed by atoms with Crippen molar-refractivity contribution in [3.8, 4) is 0 Å². The number of pyridine rings is 1. The van der Waals surface area contributed by atoms with Gasteiger partial charge >= 0.3 is 0 Å². The van der Waals surface area contributed by atoms with Crippen LogP contribution in [0.1, 0.15) is 31.4 Å². The number of anilines is 1. The van der Waals surface area contributed by atoms with Crippen molar-refractivity contribution in [3.63, 3.8) is 0 Å². The monoisotopic (exact) mass is 278 g/mol. The lowest BCUT2D eigenvalue weighted by Gasteiger charge is -2.23. The lowest BCUT2D eigenvalue weighted by molar-refractivity contribution is -0.119. The fourth-order valence-corrected chi connectivity index (χ4v) is 2.05. The minimum Gasteiger partial charge on any atom is -0.358 e. The lowest BCUT2D eigenvalue weighted by Crippen LogP contribution is -2.36. The zero-order chi connectivity index (χ0) is 15.0. The van der Waals surface area contributed by atoms with Gasteiger partial charge in [-0.15, -0.1) is 0 Å². The van der Waals surface area contributed by atoms with Crippen LogP contribution in [-0.4, -0.2) is 37.6 Å². The number of likely N-dealkylation sites (N-methyl/N-ethyl adjacent to an activating group) is 2. The Hall–Kier alpha value is -1.62. The summed E-state index contributed by atoms with van der Waals surface area (Å²) in [6.07, 6.45) is 3.01. The smallest absolute Gasteiger partial charge is 0.239 e. The van der Waals surface area contributed by atoms with Gasteiger partial charge in [0.25, 0.3) is 0 Å². The van der Waals surface area contributed by atoms with Crippen molar-refractivity contribution in [2.24, 2.45) is 0 Å². The first-order valence-corrected chi connectivity index (χ1v) is 7.24. The summed E-state index contributed by atoms with van der Waals surface area (Å²) in [4.78, 5) is 18.0. The van der Waals surface area contributed by atoms with Crippen molar-refractivity contribution in [1.29, 1.82) is 0 Å². The Morgan fingerprint density at radius 1 is 1.40 bits per heavy atom. The minimum atomic E-state index is 0.00161. The summed E-state index contributed by atoms with van der Waals surface area (Å²) in [7, 11) is 1.65. The van der Waals surface area contributed by atoms with E-state index in [1.54, 1.807) is 7.05 Å². The molecule has 0 aromatic carbocycles. The molecule has 0 fully saturated rings. The van der Waals surface area contributed by atoms with Crippen LogP contribution in [0.15, 0.2) is 12.3 Å². The molecule has 20 heavy (non-hydrogen) atoms. The zero-order valence-electron chi connectivity index (χ0n) is 13.0. The van der Waals surface area contributed by atoms with Crippen LogP contribution < -0.4 is 15.5 Å². The van der Waals surface area contributed by atoms with Crippen LogP contribution in [0.25, 0.3) is 0 Å². The maximum atomic E-state index is 11.5. The van der Waals surface area contributed by atoms with Crippen LogP contribution in [0.4, 0.5) is 5.82 Å². The number of hydrogen-bond donors (Lipinski definition) is 2. The molecule has 0 bridgehead atoms. The van der Waals surface area contributed by atoms with E-state index < -0.39 is 0 Å². The summed E-state index contributed by atoms with van der Waals surface area (Å²) in [5.41, 5.74) is 2.28. The highest BCUT2D eigenvalue weighted by atomic mass is 16.1. The highest BCUT2D eigenvalue weighted by Gasteiger charge is 2.12. The second-order valence-electron chi connectivity index (χ2n) is 4.85. The molecule has 0 aliphatic rings. The Bertz CT molecular complexity index is 434. The molecule has 2 N–H and O–H groups in total. The topological polar surface area (TPSA) is 57.3 Å². The fraction of sp³-hybridized carbons (Fsp3) is 0.600. The van der Waals surface area contributed by atoms with E-state index in [0.717, 1.165) is 37.4 Å². The van der Waals surface area contributed by atoms with Crippen molar-refractivity contribution in [2.75, 3.05) is 31.6 Å². The second-order valence-corrected chi connectivity index (χ2v) is 4.85. The first kappa shape index (κ1) is 16.4. The highest BCUT2D eigenvalue weighted by molar-refractivity contribution is 5.80. The minimum absolute atomic E-state index is 0.00161. The molecule has 0 saturated heterocycles. The second kappa shape index (κ2) is 8.53. The normalized spacial score (nSPS) is 10.4. The van der Waals surface area contributed by atoms with Gasteiger partial charge in [-0.25, -0.2) is 4.98 Å². The molecule has 1 aromatic rings. The van der Waals surface area contributed by atoms with Crippen molar-refractivity contribution in [3.05, 3.63) is 23.4 Å². The van der Waals surface area contributed by atoms with Gasteiger partial charge < -0.3 is 15.5 Å². The molecule has 0 atom stereocenters. The summed E-state index contributed by atoms with van der Waals surface area (Å²) in [6.45, 7) is 9.17. The molecular formula is C15H26N4O. The summed E-state index contributed by atoms with van der Waals surface area (Å²) in [6, 6.07) is 2.14. The lowest BCUT2D eigenvalue weighted by atomic mass is 10.2. The number of carbonyl (C=O) groups is 1. The van der Waals surface area contributed by atoms with Crippen molar-refractivity contribution < 1.29 is 4.79 Å². The molecule has 5 nitrogen and oxygen atoms in total. The maximum Gasteiger partial charge on any atom is 0.239 e. The number of aromatic nitrogens is 1. The van der Waals surface area contributed by atoms with Gasteiger partial charge in [-0.3, -0.25) is 4.79 Å². The third kappa shape index (κ3) is 4.81. The largest absolute Gasteiger partial charge is 0.358 e. The Kier molecular flexibility index (Phi) is 7.01. The number of nitrogens with zero attached hydrogens (tertiary/aromatic N) is 2. The molecule has 1 aromatic heterocycles. The van der Waals surface area contributed by atoms with E-state index in [4.69, 9.17) is 0 Å². The van der Waals surface area contributed by atoms with E-state index in [-0.39, 0.29) is 5.91 Å². The number of nitrogens with one attached hydrogen (secondary N) is 2. The number of aryl methyl sites for hydroxylation is 1. The number of rotatable bonds is 8. The van der Waals surface area contributed by atoms with Crippen LogP contribution >= 0.6 is 0 Å². The molecule has 0 radical (unpaired) electrons. The molecule has 1 amide bonds. The first-order valence-electron chi connectivity index (χ1n) is 7.24.